The number of carbonyl (C=O) groups is 1. The standard InChI is InChI=1S/C5H5N.CH3NO4S/c1-2-4-6-5-3-1;3-1(4)2-7(5)6/h1-5H;7H,(H,3,4)(H,2,5,6). The molecule has 6 nitrogen and oxygen atoms in total. The largest absolute Gasteiger partial charge is 0.464 e. The fourth-order valence-corrected chi connectivity index (χ4v) is 0.547. The molecule has 1 aromatic rings. The van der Waals surface area contributed by atoms with Crippen LogP contribution in [0.4, 0.5) is 4.79 Å². The second-order valence-electron chi connectivity index (χ2n) is 1.70. The summed E-state index contributed by atoms with van der Waals surface area (Å²) in [5, 5.41) is 7.59. The quantitative estimate of drug-likeness (QED) is 0.553. The van der Waals surface area contributed by atoms with Gasteiger partial charge in [0, 0.05) is 12.4 Å². The summed E-state index contributed by atoms with van der Waals surface area (Å²) >= 11 is 0. The van der Waals surface area contributed by atoms with E-state index in [1.807, 2.05) is 18.2 Å². The molecule has 2 N–H and O–H groups in total. The van der Waals surface area contributed by atoms with E-state index in [1.165, 1.54) is 4.72 Å². The molecule has 72 valence electrons. The predicted octanol–water partition coefficient (Wildman–Crippen LogP) is -0.138. The van der Waals surface area contributed by atoms with E-state index >= 15 is 0 Å². The molecule has 1 heterocycles. The molecule has 1 aromatic heterocycles. The first-order chi connectivity index (χ1) is 6.13. The van der Waals surface area contributed by atoms with Gasteiger partial charge < -0.3 is 5.11 Å². The van der Waals surface area contributed by atoms with E-state index in [1.54, 1.807) is 12.4 Å². The predicted molar refractivity (Wildman–Crippen MR) is 45.7 cm³/mol. The lowest BCUT2D eigenvalue weighted by Crippen LogP contribution is -2.17. The molecule has 0 unspecified atom stereocenters. The van der Waals surface area contributed by atoms with E-state index in [-0.39, 0.29) is 0 Å². The molecule has 0 aromatic carbocycles. The minimum absolute atomic E-state index is 1.18. The average Bonchev–Trinajstić information content (AvgIpc) is 2.06. The van der Waals surface area contributed by atoms with Gasteiger partial charge in [-0.15, -0.1) is 0 Å². The number of nitrogens with one attached hydrogen (secondary N) is 1. The van der Waals surface area contributed by atoms with Crippen LogP contribution in [0.2, 0.25) is 0 Å². The lowest BCUT2D eigenvalue weighted by Gasteiger charge is -1.80. The number of thiol groups is 1. The average molecular weight is 204 g/mol. The van der Waals surface area contributed by atoms with Crippen molar-refractivity contribution < 1.29 is 18.3 Å². The summed E-state index contributed by atoms with van der Waals surface area (Å²) in [5.41, 5.74) is 0. The Morgan fingerprint density at radius 2 is 1.77 bits per heavy atom. The Labute approximate surface area is 76.3 Å². The van der Waals surface area contributed by atoms with Crippen LogP contribution in [-0.2, 0) is 10.9 Å². The SMILES string of the molecule is O=C(O)N[SH](=O)=O.c1ccncc1. The summed E-state index contributed by atoms with van der Waals surface area (Å²) in [6.07, 6.45) is 1.94. The fraction of sp³-hybridized carbons (Fsp3) is 0. The van der Waals surface area contributed by atoms with E-state index in [4.69, 9.17) is 5.11 Å². The number of nitrogens with zero attached hydrogens (tertiary/aromatic N) is 1. The van der Waals surface area contributed by atoms with E-state index in [9.17, 15) is 13.2 Å². The van der Waals surface area contributed by atoms with Gasteiger partial charge in [-0.2, -0.15) is 0 Å². The Hall–Kier alpha value is -1.63. The summed E-state index contributed by atoms with van der Waals surface area (Å²) in [7, 11) is -2.99. The van der Waals surface area contributed by atoms with Crippen molar-refractivity contribution in [1.82, 2.24) is 9.71 Å². The summed E-state index contributed by atoms with van der Waals surface area (Å²) in [4.78, 5) is 13.1. The van der Waals surface area contributed by atoms with Gasteiger partial charge in [0.05, 0.1) is 0 Å². The van der Waals surface area contributed by atoms with Gasteiger partial charge >= 0.3 is 6.09 Å². The number of rotatable bonds is 1. The third-order valence-corrected chi connectivity index (χ3v) is 1.13. The molecule has 0 spiro atoms. The number of hydrogen-bond donors (Lipinski definition) is 3. The lowest BCUT2D eigenvalue weighted by molar-refractivity contribution is 0.201. The molecule has 0 saturated carbocycles. The number of pyridine rings is 1. The van der Waals surface area contributed by atoms with Crippen molar-refractivity contribution in [2.24, 2.45) is 0 Å². The van der Waals surface area contributed by atoms with Crippen LogP contribution in [-0.4, -0.2) is 24.6 Å². The topological polar surface area (TPSA) is 96.4 Å². The highest BCUT2D eigenvalue weighted by Crippen LogP contribution is 1.73. The van der Waals surface area contributed by atoms with Gasteiger partial charge in [-0.1, -0.05) is 6.07 Å². The second-order valence-corrected chi connectivity index (χ2v) is 2.44. The zero-order chi connectivity index (χ0) is 10.1. The minimum Gasteiger partial charge on any atom is -0.464 e. The molecule has 0 radical (unpaired) electrons. The van der Waals surface area contributed by atoms with E-state index < -0.39 is 17.0 Å². The number of hydrogen-bond acceptors (Lipinski definition) is 4. The van der Waals surface area contributed by atoms with Gasteiger partial charge in [-0.3, -0.25) is 4.98 Å². The second kappa shape index (κ2) is 7.04. The van der Waals surface area contributed by atoms with Crippen LogP contribution in [0.25, 0.3) is 0 Å². The third kappa shape index (κ3) is 10.4. The molecule has 7 heteroatoms. The first kappa shape index (κ1) is 11.4. The maximum atomic E-state index is 9.35. The van der Waals surface area contributed by atoms with Crippen LogP contribution in [0.15, 0.2) is 30.6 Å². The van der Waals surface area contributed by atoms with Crippen LogP contribution in [0.3, 0.4) is 0 Å². The lowest BCUT2D eigenvalue weighted by atomic mass is 10.5. The van der Waals surface area contributed by atoms with Gasteiger partial charge in [-0.25, -0.2) is 17.9 Å². The Bertz CT molecular complexity index is 277. The smallest absolute Gasteiger partial charge is 0.418 e. The maximum absolute atomic E-state index is 9.35. The van der Waals surface area contributed by atoms with Crippen molar-refractivity contribution in [3.8, 4) is 0 Å². The first-order valence-corrected chi connectivity index (χ1v) is 4.29. The Morgan fingerprint density at radius 3 is 1.85 bits per heavy atom. The highest BCUT2D eigenvalue weighted by atomic mass is 32.2. The van der Waals surface area contributed by atoms with Crippen molar-refractivity contribution in [1.29, 1.82) is 0 Å². The third-order valence-electron chi connectivity index (χ3n) is 0.753. The molecule has 0 aliphatic heterocycles. The zero-order valence-corrected chi connectivity index (χ0v) is 7.35. The molecule has 0 bridgehead atoms. The van der Waals surface area contributed by atoms with Gasteiger partial charge in [0.25, 0.3) is 0 Å². The van der Waals surface area contributed by atoms with Crippen LogP contribution in [0.1, 0.15) is 0 Å². The minimum atomic E-state index is -2.99. The van der Waals surface area contributed by atoms with Gasteiger partial charge in [-0.05, 0) is 12.1 Å². The maximum Gasteiger partial charge on any atom is 0.418 e. The molecule has 0 saturated heterocycles. The molecule has 1 rings (SSSR count). The van der Waals surface area contributed by atoms with Crippen LogP contribution < -0.4 is 4.72 Å². The molecular weight excluding hydrogens is 196 g/mol. The molecule has 1 amide bonds. The van der Waals surface area contributed by atoms with Crippen molar-refractivity contribution >= 4 is 17.0 Å². The van der Waals surface area contributed by atoms with Gasteiger partial charge in [0.1, 0.15) is 0 Å². The summed E-state index contributed by atoms with van der Waals surface area (Å²) in [5.74, 6) is 0. The molecule has 0 fully saturated rings. The van der Waals surface area contributed by atoms with E-state index in [0.717, 1.165) is 0 Å². The molecule has 0 aliphatic rings. The van der Waals surface area contributed by atoms with Crippen LogP contribution in [0.5, 0.6) is 0 Å². The number of amides is 1. The zero-order valence-electron chi connectivity index (χ0n) is 6.45. The molecule has 13 heavy (non-hydrogen) atoms. The van der Waals surface area contributed by atoms with Crippen LogP contribution >= 0.6 is 0 Å². The normalized spacial score (nSPS) is 8.38. The highest BCUT2D eigenvalue weighted by molar-refractivity contribution is 7.70. The van der Waals surface area contributed by atoms with E-state index in [2.05, 4.69) is 4.98 Å². The summed E-state index contributed by atoms with van der Waals surface area (Å²) < 4.78 is 19.9. The van der Waals surface area contributed by atoms with Crippen LogP contribution in [0, 0.1) is 0 Å². The van der Waals surface area contributed by atoms with E-state index in [0.29, 0.717) is 0 Å². The highest BCUT2D eigenvalue weighted by Gasteiger charge is 1.88. The number of aromatic nitrogens is 1. The summed E-state index contributed by atoms with van der Waals surface area (Å²) in [6.45, 7) is 0. The Balaban J connectivity index is 0.000000223. The molecule has 0 aliphatic carbocycles. The van der Waals surface area contributed by atoms with Gasteiger partial charge in [0.2, 0.25) is 10.9 Å². The summed E-state index contributed by atoms with van der Waals surface area (Å²) in [6, 6.07) is 5.72. The Kier molecular flexibility index (Phi) is 6.16. The van der Waals surface area contributed by atoms with Gasteiger partial charge in [0.15, 0.2) is 0 Å². The number of carboxylic acid groups (broad SMARTS) is 1. The first-order valence-electron chi connectivity index (χ1n) is 3.12. The van der Waals surface area contributed by atoms with Crippen molar-refractivity contribution in [3.05, 3.63) is 30.6 Å². The molecule has 0 atom stereocenters. The fourth-order valence-electron chi connectivity index (χ4n) is 0.391. The van der Waals surface area contributed by atoms with Crippen molar-refractivity contribution in [2.75, 3.05) is 0 Å². The van der Waals surface area contributed by atoms with Crippen molar-refractivity contribution in [2.45, 2.75) is 0 Å². The molecular formula is C6H8N2O4S. The Morgan fingerprint density at radius 1 is 1.23 bits per heavy atom. The monoisotopic (exact) mass is 204 g/mol. The van der Waals surface area contributed by atoms with Crippen molar-refractivity contribution in [3.63, 3.8) is 0 Å².